The van der Waals surface area contributed by atoms with Crippen molar-refractivity contribution in [3.63, 3.8) is 0 Å². The van der Waals surface area contributed by atoms with Crippen LogP contribution < -0.4 is 0 Å². The summed E-state index contributed by atoms with van der Waals surface area (Å²) in [5.41, 5.74) is 2.57. The molecule has 5 nitrogen and oxygen atoms in total. The van der Waals surface area contributed by atoms with E-state index < -0.39 is 12.1 Å². The molecule has 6 heteroatoms. The molecule has 0 aromatic heterocycles. The van der Waals surface area contributed by atoms with Gasteiger partial charge in [0.15, 0.2) is 6.29 Å². The number of allylic oxidation sites excluding steroid dienone is 2. The summed E-state index contributed by atoms with van der Waals surface area (Å²) >= 11 is 6.05. The maximum absolute atomic E-state index is 12.0. The Bertz CT molecular complexity index is 971. The first-order chi connectivity index (χ1) is 15.7. The van der Waals surface area contributed by atoms with Crippen LogP contribution >= 0.6 is 11.6 Å². The van der Waals surface area contributed by atoms with Crippen LogP contribution in [0.4, 0.5) is 0 Å². The van der Waals surface area contributed by atoms with E-state index in [1.165, 1.54) is 5.57 Å². The Morgan fingerprint density at radius 3 is 2.67 bits per heavy atom. The van der Waals surface area contributed by atoms with Crippen LogP contribution in [0.5, 0.6) is 0 Å². The van der Waals surface area contributed by atoms with Gasteiger partial charge in [0.2, 0.25) is 0 Å². The fourth-order valence-electron chi connectivity index (χ4n) is 6.99. The number of cyclic esters (lactones) is 1. The van der Waals surface area contributed by atoms with E-state index in [1.54, 1.807) is 0 Å². The lowest BCUT2D eigenvalue weighted by Gasteiger charge is -2.62. The first kappa shape index (κ1) is 23.1. The molecule has 0 spiro atoms. The van der Waals surface area contributed by atoms with E-state index in [1.807, 2.05) is 30.3 Å². The third kappa shape index (κ3) is 3.87. The number of esters is 1. The Morgan fingerprint density at radius 1 is 1.21 bits per heavy atom. The molecular weight excluding hydrogens is 440 g/mol. The van der Waals surface area contributed by atoms with E-state index >= 15 is 0 Å². The molecule has 1 N–H and O–H groups in total. The fraction of sp³-hybridized carbons (Fsp3) is 0.593. The number of hydrogen-bond acceptors (Lipinski definition) is 5. The molecule has 0 bridgehead atoms. The quantitative estimate of drug-likeness (QED) is 0.363. The normalized spacial score (nSPS) is 42.1. The third-order valence-corrected chi connectivity index (χ3v) is 9.08. The van der Waals surface area contributed by atoms with Crippen LogP contribution in [0, 0.1) is 22.7 Å². The molecule has 33 heavy (non-hydrogen) atoms. The van der Waals surface area contributed by atoms with Gasteiger partial charge in [-0.3, -0.25) is 0 Å². The van der Waals surface area contributed by atoms with Crippen molar-refractivity contribution in [1.29, 1.82) is 0 Å². The van der Waals surface area contributed by atoms with Crippen molar-refractivity contribution in [2.24, 2.45) is 22.7 Å². The highest BCUT2D eigenvalue weighted by Gasteiger charge is 2.60. The minimum atomic E-state index is -0.823. The summed E-state index contributed by atoms with van der Waals surface area (Å²) in [4.78, 5) is 12.0. The lowest BCUT2D eigenvalue weighted by atomic mass is 9.46. The first-order valence-electron chi connectivity index (χ1n) is 12.0. The zero-order chi connectivity index (χ0) is 23.4. The molecule has 1 aromatic carbocycles. The first-order valence-corrected chi connectivity index (χ1v) is 12.4. The van der Waals surface area contributed by atoms with Crippen molar-refractivity contribution >= 4 is 17.6 Å². The van der Waals surface area contributed by atoms with Crippen molar-refractivity contribution in [3.8, 4) is 0 Å². The predicted molar refractivity (Wildman–Crippen MR) is 125 cm³/mol. The van der Waals surface area contributed by atoms with Gasteiger partial charge < -0.3 is 19.3 Å². The van der Waals surface area contributed by atoms with E-state index in [9.17, 15) is 9.90 Å². The smallest absolute Gasteiger partial charge is 0.336 e. The maximum atomic E-state index is 12.0. The van der Waals surface area contributed by atoms with Crippen molar-refractivity contribution in [2.45, 2.75) is 64.4 Å². The summed E-state index contributed by atoms with van der Waals surface area (Å²) in [6, 6.07) is 7.69. The summed E-state index contributed by atoms with van der Waals surface area (Å²) in [5.74, 6) is 0.268. The van der Waals surface area contributed by atoms with Gasteiger partial charge in [0, 0.05) is 16.0 Å². The number of rotatable bonds is 3. The molecule has 2 saturated heterocycles. The summed E-state index contributed by atoms with van der Waals surface area (Å²) in [5, 5.41) is 10.8. The van der Waals surface area contributed by atoms with Crippen LogP contribution in [-0.2, 0) is 19.0 Å². The molecule has 2 aliphatic heterocycles. The van der Waals surface area contributed by atoms with E-state index in [-0.39, 0.29) is 35.7 Å². The minimum Gasteiger partial charge on any atom is -0.459 e. The fourth-order valence-corrected chi connectivity index (χ4v) is 7.12. The molecule has 0 amide bonds. The zero-order valence-electron chi connectivity index (χ0n) is 19.4. The van der Waals surface area contributed by atoms with Crippen molar-refractivity contribution in [2.75, 3.05) is 13.2 Å². The van der Waals surface area contributed by atoms with Crippen molar-refractivity contribution in [1.82, 2.24) is 0 Å². The molecule has 2 heterocycles. The van der Waals surface area contributed by atoms with E-state index in [4.69, 9.17) is 25.8 Å². The van der Waals surface area contributed by atoms with Gasteiger partial charge in [0.05, 0.1) is 18.3 Å². The predicted octanol–water partition coefficient (Wildman–Crippen LogP) is 5.38. The largest absolute Gasteiger partial charge is 0.459 e. The van der Waals surface area contributed by atoms with Gasteiger partial charge in [-0.15, -0.1) is 0 Å². The average molecular weight is 473 g/mol. The monoisotopic (exact) mass is 472 g/mol. The minimum absolute atomic E-state index is 0.0327. The zero-order valence-corrected chi connectivity index (χ0v) is 20.1. The van der Waals surface area contributed by atoms with Gasteiger partial charge in [-0.2, -0.15) is 0 Å². The molecule has 1 unspecified atom stereocenters. The highest BCUT2D eigenvalue weighted by Crippen LogP contribution is 2.63. The topological polar surface area (TPSA) is 65.0 Å². The molecule has 178 valence electrons. The van der Waals surface area contributed by atoms with Crippen LogP contribution in [0.2, 0.25) is 5.02 Å². The maximum Gasteiger partial charge on any atom is 0.336 e. The number of hydrogen-bond donors (Lipinski definition) is 1. The van der Waals surface area contributed by atoms with Crippen LogP contribution in [0.15, 0.2) is 48.1 Å². The SMILES string of the molecule is C=C1CC[C@@H]2[C@]3(C)COC(c4ccc(Cl)cc4)O[C@@H]3CC[C@@]2(C)[C@@H]1C/C=C1/C(=O)OC[C@H]1O. The second-order valence-corrected chi connectivity index (χ2v) is 11.1. The highest BCUT2D eigenvalue weighted by atomic mass is 35.5. The Hall–Kier alpha value is -1.66. The van der Waals surface area contributed by atoms with Gasteiger partial charge in [-0.05, 0) is 61.5 Å². The molecule has 4 fully saturated rings. The van der Waals surface area contributed by atoms with Gasteiger partial charge in [-0.1, -0.05) is 55.8 Å². The second kappa shape index (κ2) is 8.53. The van der Waals surface area contributed by atoms with Crippen LogP contribution in [-0.4, -0.2) is 36.5 Å². The number of halogens is 1. The molecule has 0 radical (unpaired) electrons. The summed E-state index contributed by atoms with van der Waals surface area (Å²) in [6.45, 7) is 9.82. The van der Waals surface area contributed by atoms with Gasteiger partial charge >= 0.3 is 5.97 Å². The van der Waals surface area contributed by atoms with Crippen LogP contribution in [0.3, 0.4) is 0 Å². The molecule has 4 aliphatic rings. The number of carbonyl (C=O) groups is 1. The Morgan fingerprint density at radius 2 is 1.97 bits per heavy atom. The van der Waals surface area contributed by atoms with Gasteiger partial charge in [-0.25, -0.2) is 4.79 Å². The number of ether oxygens (including phenoxy) is 3. The summed E-state index contributed by atoms with van der Waals surface area (Å²) in [7, 11) is 0. The number of benzene rings is 1. The molecule has 1 aromatic rings. The molecule has 7 atom stereocenters. The number of aliphatic hydroxyl groups excluding tert-OH is 1. The van der Waals surface area contributed by atoms with E-state index in [0.717, 1.165) is 31.2 Å². The molecule has 2 saturated carbocycles. The van der Waals surface area contributed by atoms with Crippen molar-refractivity contribution in [3.05, 3.63) is 58.7 Å². The molecule has 5 rings (SSSR count). The number of fused-ring (bicyclic) bond motifs is 3. The van der Waals surface area contributed by atoms with Gasteiger partial charge in [0.1, 0.15) is 12.7 Å². The standard InChI is InChI=1S/C27H33ClO5/c1-16-4-11-22-26(2,20(16)10-9-19-21(29)14-31-24(19)30)13-12-23-27(22,3)15-32-25(33-23)17-5-7-18(28)8-6-17/h5-9,20-23,25,29H,1,4,10-15H2,2-3H3/b19-9+/t20-,21-,22+,23-,25?,26+,27+/m1/s1. The third-order valence-electron chi connectivity index (χ3n) is 8.83. The Kier molecular flexibility index (Phi) is 5.97. The summed E-state index contributed by atoms with van der Waals surface area (Å²) < 4.78 is 17.9. The van der Waals surface area contributed by atoms with Crippen molar-refractivity contribution < 1.29 is 24.1 Å². The number of carbonyl (C=O) groups excluding carboxylic acids is 1. The molecule has 2 aliphatic carbocycles. The number of aliphatic hydroxyl groups is 1. The lowest BCUT2D eigenvalue weighted by molar-refractivity contribution is -0.307. The van der Waals surface area contributed by atoms with Gasteiger partial charge in [0.25, 0.3) is 0 Å². The molecular formula is C27H33ClO5. The highest BCUT2D eigenvalue weighted by molar-refractivity contribution is 6.30. The Balaban J connectivity index is 1.37. The lowest BCUT2D eigenvalue weighted by Crippen LogP contribution is -2.60. The van der Waals surface area contributed by atoms with E-state index in [2.05, 4.69) is 20.4 Å². The summed E-state index contributed by atoms with van der Waals surface area (Å²) in [6.07, 6.45) is 5.55. The Labute approximate surface area is 200 Å². The van der Waals surface area contributed by atoms with Crippen LogP contribution in [0.1, 0.15) is 57.8 Å². The average Bonchev–Trinajstić information content (AvgIpc) is 3.10. The second-order valence-electron chi connectivity index (χ2n) is 10.7. The van der Waals surface area contributed by atoms with Crippen LogP contribution in [0.25, 0.3) is 0 Å². The van der Waals surface area contributed by atoms with E-state index in [0.29, 0.717) is 29.5 Å².